The fraction of sp³-hybridized carbons (Fsp3) is 0.308. The van der Waals surface area contributed by atoms with Crippen LogP contribution in [0.3, 0.4) is 0 Å². The van der Waals surface area contributed by atoms with Gasteiger partial charge in [0.15, 0.2) is 5.11 Å². The molecule has 3 nitrogen and oxygen atoms in total. The summed E-state index contributed by atoms with van der Waals surface area (Å²) in [5.41, 5.74) is 7.98. The van der Waals surface area contributed by atoms with Crippen LogP contribution in [0.25, 0.3) is 0 Å². The van der Waals surface area contributed by atoms with Gasteiger partial charge < -0.3 is 10.7 Å². The molecule has 0 aliphatic heterocycles. The highest BCUT2D eigenvalue weighted by molar-refractivity contribution is 7.80. The van der Waals surface area contributed by atoms with Crippen LogP contribution in [-0.2, 0) is 6.54 Å². The van der Waals surface area contributed by atoms with E-state index < -0.39 is 0 Å². The Balaban J connectivity index is 2.24. The Kier molecular flexibility index (Phi) is 5.49. The number of rotatable bonds is 5. The minimum atomic E-state index is 0.374. The largest absolute Gasteiger partial charge is 0.357 e. The maximum atomic E-state index is 5.13. The zero-order valence-electron chi connectivity index (χ0n) is 10.3. The summed E-state index contributed by atoms with van der Waals surface area (Å²) in [6.07, 6.45) is 0. The second-order valence-electron chi connectivity index (χ2n) is 4.10. The van der Waals surface area contributed by atoms with Crippen molar-refractivity contribution >= 4 is 17.3 Å². The summed E-state index contributed by atoms with van der Waals surface area (Å²) in [6, 6.07) is 10.1. The van der Waals surface area contributed by atoms with E-state index in [2.05, 4.69) is 48.7 Å². The second kappa shape index (κ2) is 6.91. The van der Waals surface area contributed by atoms with E-state index in [1.165, 1.54) is 5.56 Å². The fourth-order valence-corrected chi connectivity index (χ4v) is 1.23. The molecule has 0 saturated heterocycles. The van der Waals surface area contributed by atoms with Crippen molar-refractivity contribution in [3.63, 3.8) is 0 Å². The Labute approximate surface area is 108 Å². The average Bonchev–Trinajstić information content (AvgIpc) is 2.34. The third-order valence-electron chi connectivity index (χ3n) is 2.33. The minimum absolute atomic E-state index is 0.374. The maximum absolute atomic E-state index is 5.13. The Morgan fingerprint density at radius 1 is 1.24 bits per heavy atom. The van der Waals surface area contributed by atoms with Gasteiger partial charge in [0, 0.05) is 12.2 Å². The standard InChI is InChI=1S/C13H19N3S/c1-10(2)11(3)15-16-13(17)14-9-12-7-5-4-6-8-12/h4-8,10,15H,3,9H2,1-2H3,(H2,14,16,17). The summed E-state index contributed by atoms with van der Waals surface area (Å²) in [5.74, 6) is 0.374. The number of benzene rings is 1. The van der Waals surface area contributed by atoms with E-state index in [1.54, 1.807) is 0 Å². The van der Waals surface area contributed by atoms with Crippen molar-refractivity contribution in [2.24, 2.45) is 5.92 Å². The Morgan fingerprint density at radius 2 is 1.88 bits per heavy atom. The molecule has 1 aromatic rings. The predicted octanol–water partition coefficient (Wildman–Crippen LogP) is 2.33. The van der Waals surface area contributed by atoms with Gasteiger partial charge in [0.25, 0.3) is 0 Å². The molecule has 0 fully saturated rings. The van der Waals surface area contributed by atoms with Crippen LogP contribution >= 0.6 is 12.2 Å². The molecular weight excluding hydrogens is 230 g/mol. The zero-order valence-corrected chi connectivity index (χ0v) is 11.1. The molecule has 0 saturated carbocycles. The van der Waals surface area contributed by atoms with Crippen LogP contribution in [0.2, 0.25) is 0 Å². The molecule has 0 aromatic heterocycles. The highest BCUT2D eigenvalue weighted by Crippen LogP contribution is 2.00. The zero-order chi connectivity index (χ0) is 12.7. The first-order chi connectivity index (χ1) is 8.09. The molecule has 17 heavy (non-hydrogen) atoms. The summed E-state index contributed by atoms with van der Waals surface area (Å²) in [5, 5.41) is 3.68. The second-order valence-corrected chi connectivity index (χ2v) is 4.51. The van der Waals surface area contributed by atoms with Gasteiger partial charge in [-0.2, -0.15) is 0 Å². The Morgan fingerprint density at radius 3 is 2.47 bits per heavy atom. The van der Waals surface area contributed by atoms with E-state index >= 15 is 0 Å². The molecule has 0 bridgehead atoms. The van der Waals surface area contributed by atoms with Gasteiger partial charge in [-0.25, -0.2) is 0 Å². The highest BCUT2D eigenvalue weighted by Gasteiger charge is 2.00. The lowest BCUT2D eigenvalue weighted by Gasteiger charge is -2.16. The van der Waals surface area contributed by atoms with E-state index in [0.29, 0.717) is 17.6 Å². The number of hydrogen-bond donors (Lipinski definition) is 3. The van der Waals surface area contributed by atoms with E-state index in [0.717, 1.165) is 5.70 Å². The lowest BCUT2D eigenvalue weighted by atomic mass is 10.2. The number of allylic oxidation sites excluding steroid dienone is 1. The third-order valence-corrected chi connectivity index (χ3v) is 2.58. The van der Waals surface area contributed by atoms with E-state index in [1.807, 2.05) is 18.2 Å². The van der Waals surface area contributed by atoms with Crippen molar-refractivity contribution in [1.82, 2.24) is 16.2 Å². The SMILES string of the molecule is C=C(NNC(=S)NCc1ccccc1)C(C)C. The summed E-state index contributed by atoms with van der Waals surface area (Å²) in [6.45, 7) is 8.73. The van der Waals surface area contributed by atoms with Crippen molar-refractivity contribution in [2.75, 3.05) is 0 Å². The van der Waals surface area contributed by atoms with Crippen LogP contribution < -0.4 is 16.2 Å². The van der Waals surface area contributed by atoms with Gasteiger partial charge in [0.2, 0.25) is 0 Å². The molecular formula is C13H19N3S. The van der Waals surface area contributed by atoms with E-state index in [-0.39, 0.29) is 0 Å². The minimum Gasteiger partial charge on any atom is -0.357 e. The summed E-state index contributed by atoms with van der Waals surface area (Å²) in [7, 11) is 0. The topological polar surface area (TPSA) is 36.1 Å². The van der Waals surface area contributed by atoms with Crippen LogP contribution in [0.5, 0.6) is 0 Å². The van der Waals surface area contributed by atoms with Gasteiger partial charge in [-0.1, -0.05) is 50.8 Å². The number of thiocarbonyl (C=S) groups is 1. The molecule has 4 heteroatoms. The lowest BCUT2D eigenvalue weighted by Crippen LogP contribution is -2.43. The van der Waals surface area contributed by atoms with Crippen LogP contribution in [-0.4, -0.2) is 5.11 Å². The third kappa shape index (κ3) is 5.36. The Bertz CT molecular complexity index is 374. The normalized spacial score (nSPS) is 9.82. The molecule has 0 atom stereocenters. The number of nitrogens with one attached hydrogen (secondary N) is 3. The molecule has 0 unspecified atom stereocenters. The quantitative estimate of drug-likeness (QED) is 0.553. The number of hydrazine groups is 1. The molecule has 0 spiro atoms. The van der Waals surface area contributed by atoms with Gasteiger partial charge in [-0.15, -0.1) is 0 Å². The lowest BCUT2D eigenvalue weighted by molar-refractivity contribution is 0.627. The fourth-order valence-electron chi connectivity index (χ4n) is 1.10. The monoisotopic (exact) mass is 249 g/mol. The van der Waals surface area contributed by atoms with Gasteiger partial charge in [-0.05, 0) is 23.7 Å². The van der Waals surface area contributed by atoms with Gasteiger partial charge in [-0.3, -0.25) is 5.43 Å². The van der Waals surface area contributed by atoms with Crippen LogP contribution in [0.15, 0.2) is 42.6 Å². The molecule has 1 rings (SSSR count). The maximum Gasteiger partial charge on any atom is 0.185 e. The molecule has 0 aliphatic carbocycles. The summed E-state index contributed by atoms with van der Waals surface area (Å²) < 4.78 is 0. The van der Waals surface area contributed by atoms with E-state index in [4.69, 9.17) is 12.2 Å². The van der Waals surface area contributed by atoms with Crippen molar-refractivity contribution in [3.8, 4) is 0 Å². The van der Waals surface area contributed by atoms with Crippen LogP contribution in [0.1, 0.15) is 19.4 Å². The van der Waals surface area contributed by atoms with Gasteiger partial charge in [0.1, 0.15) is 0 Å². The van der Waals surface area contributed by atoms with Crippen LogP contribution in [0, 0.1) is 5.92 Å². The van der Waals surface area contributed by atoms with Crippen molar-refractivity contribution in [1.29, 1.82) is 0 Å². The molecule has 0 heterocycles. The molecule has 3 N–H and O–H groups in total. The first kappa shape index (κ1) is 13.5. The molecule has 0 radical (unpaired) electrons. The summed E-state index contributed by atoms with van der Waals surface area (Å²) >= 11 is 5.13. The first-order valence-corrected chi connectivity index (χ1v) is 6.03. The van der Waals surface area contributed by atoms with Gasteiger partial charge >= 0.3 is 0 Å². The molecule has 0 amide bonds. The smallest absolute Gasteiger partial charge is 0.185 e. The molecule has 0 aliphatic rings. The predicted molar refractivity (Wildman–Crippen MR) is 76.1 cm³/mol. The van der Waals surface area contributed by atoms with Crippen molar-refractivity contribution < 1.29 is 0 Å². The Hall–Kier alpha value is -1.55. The van der Waals surface area contributed by atoms with Crippen LogP contribution in [0.4, 0.5) is 0 Å². The summed E-state index contributed by atoms with van der Waals surface area (Å²) in [4.78, 5) is 0. The first-order valence-electron chi connectivity index (χ1n) is 5.62. The van der Waals surface area contributed by atoms with Gasteiger partial charge in [0.05, 0.1) is 0 Å². The van der Waals surface area contributed by atoms with Crippen molar-refractivity contribution in [2.45, 2.75) is 20.4 Å². The van der Waals surface area contributed by atoms with E-state index in [9.17, 15) is 0 Å². The average molecular weight is 249 g/mol. The highest BCUT2D eigenvalue weighted by atomic mass is 32.1. The molecule has 1 aromatic carbocycles. The van der Waals surface area contributed by atoms with Crippen molar-refractivity contribution in [3.05, 3.63) is 48.2 Å². The molecule has 92 valence electrons. The number of hydrogen-bond acceptors (Lipinski definition) is 2.